The molecule has 0 spiro atoms. The van der Waals surface area contributed by atoms with E-state index in [4.69, 9.17) is 5.41 Å². The van der Waals surface area contributed by atoms with E-state index in [1.165, 1.54) is 24.4 Å². The molecule has 4 rings (SSSR count). The van der Waals surface area contributed by atoms with Crippen molar-refractivity contribution in [2.45, 2.75) is 11.8 Å². The number of benzene rings is 2. The second-order valence-corrected chi connectivity index (χ2v) is 7.35. The van der Waals surface area contributed by atoms with E-state index in [2.05, 4.69) is 10.4 Å². The van der Waals surface area contributed by atoms with E-state index >= 15 is 0 Å². The molecule has 1 unspecified atom stereocenters. The lowest BCUT2D eigenvalue weighted by Crippen LogP contribution is -2.43. The Morgan fingerprint density at radius 1 is 1.10 bits per heavy atom. The van der Waals surface area contributed by atoms with Gasteiger partial charge in [0.15, 0.2) is 0 Å². The molecule has 4 aromatic rings. The second kappa shape index (κ2) is 7.28. The number of fused-ring (bicyclic) bond motifs is 1. The molecule has 3 N–H and O–H groups in total. The fourth-order valence-corrected chi connectivity index (χ4v) is 3.76. The van der Waals surface area contributed by atoms with Crippen LogP contribution in [0.3, 0.4) is 0 Å². The predicted octanol–water partition coefficient (Wildman–Crippen LogP) is 4.45. The smallest absolute Gasteiger partial charge is 0.372 e. The SMILES string of the molecule is Cn1cc(Nc2ccc(C(O)(c3cn(C)c4ccccc34)C(F)(F)F)cc2C=N)cn1. The lowest BCUT2D eigenvalue weighted by molar-refractivity contribution is -0.247. The minimum Gasteiger partial charge on any atom is -0.372 e. The summed E-state index contributed by atoms with van der Waals surface area (Å²) in [6, 6.07) is 10.4. The van der Waals surface area contributed by atoms with Gasteiger partial charge in [0.2, 0.25) is 5.60 Å². The number of rotatable bonds is 5. The Labute approximate surface area is 176 Å². The molecule has 31 heavy (non-hydrogen) atoms. The van der Waals surface area contributed by atoms with Crippen LogP contribution < -0.4 is 5.32 Å². The van der Waals surface area contributed by atoms with Gasteiger partial charge in [0, 0.05) is 60.4 Å². The first-order chi connectivity index (χ1) is 14.6. The Balaban J connectivity index is 1.88. The number of halogens is 3. The Morgan fingerprint density at radius 3 is 2.48 bits per heavy atom. The molecule has 0 saturated heterocycles. The number of aliphatic hydroxyl groups is 1. The van der Waals surface area contributed by atoms with Crippen molar-refractivity contribution in [3.05, 3.63) is 77.7 Å². The van der Waals surface area contributed by atoms with E-state index in [0.29, 0.717) is 22.3 Å². The number of anilines is 2. The molecule has 0 amide bonds. The van der Waals surface area contributed by atoms with Crippen molar-refractivity contribution in [3.8, 4) is 0 Å². The van der Waals surface area contributed by atoms with Gasteiger partial charge in [0.25, 0.3) is 0 Å². The van der Waals surface area contributed by atoms with E-state index in [0.717, 1.165) is 6.21 Å². The molecule has 0 radical (unpaired) electrons. The Hall–Kier alpha value is -3.59. The molecule has 0 saturated carbocycles. The van der Waals surface area contributed by atoms with Crippen molar-refractivity contribution in [1.82, 2.24) is 14.3 Å². The first kappa shape index (κ1) is 20.7. The van der Waals surface area contributed by atoms with Gasteiger partial charge in [-0.3, -0.25) is 4.68 Å². The van der Waals surface area contributed by atoms with Crippen LogP contribution in [0.15, 0.2) is 61.1 Å². The maximum atomic E-state index is 14.4. The lowest BCUT2D eigenvalue weighted by Gasteiger charge is -2.31. The zero-order valence-electron chi connectivity index (χ0n) is 16.8. The maximum absolute atomic E-state index is 14.4. The highest BCUT2D eigenvalue weighted by molar-refractivity contribution is 5.89. The molecule has 0 fully saturated rings. The van der Waals surface area contributed by atoms with Crippen molar-refractivity contribution in [2.24, 2.45) is 14.1 Å². The number of nitrogens with one attached hydrogen (secondary N) is 2. The highest BCUT2D eigenvalue weighted by atomic mass is 19.4. The van der Waals surface area contributed by atoms with Crippen LogP contribution in [-0.2, 0) is 19.7 Å². The van der Waals surface area contributed by atoms with Crippen molar-refractivity contribution < 1.29 is 18.3 Å². The summed E-state index contributed by atoms with van der Waals surface area (Å²) in [4.78, 5) is 0. The molecule has 160 valence electrons. The third-order valence-electron chi connectivity index (χ3n) is 5.31. The number of hydrogen-bond donors (Lipinski definition) is 3. The largest absolute Gasteiger partial charge is 0.425 e. The van der Waals surface area contributed by atoms with Crippen LogP contribution in [0, 0.1) is 5.41 Å². The van der Waals surface area contributed by atoms with Crippen LogP contribution in [0.2, 0.25) is 0 Å². The van der Waals surface area contributed by atoms with Crippen molar-refractivity contribution in [2.75, 3.05) is 5.32 Å². The van der Waals surface area contributed by atoms with Crippen molar-refractivity contribution in [1.29, 1.82) is 5.41 Å². The third kappa shape index (κ3) is 3.36. The van der Waals surface area contributed by atoms with Gasteiger partial charge in [0.05, 0.1) is 11.9 Å². The summed E-state index contributed by atoms with van der Waals surface area (Å²) in [6.07, 6.45) is 0.508. The summed E-state index contributed by atoms with van der Waals surface area (Å²) in [5, 5.41) is 26.2. The molecule has 1 atom stereocenters. The molecule has 9 heteroatoms. The Kier molecular flexibility index (Phi) is 4.85. The molecule has 2 heterocycles. The van der Waals surface area contributed by atoms with Gasteiger partial charge in [-0.25, -0.2) is 0 Å². The number of aryl methyl sites for hydroxylation is 2. The predicted molar refractivity (Wildman–Crippen MR) is 113 cm³/mol. The van der Waals surface area contributed by atoms with Crippen molar-refractivity contribution in [3.63, 3.8) is 0 Å². The first-order valence-corrected chi connectivity index (χ1v) is 9.39. The lowest BCUT2D eigenvalue weighted by atomic mass is 9.84. The van der Waals surface area contributed by atoms with Crippen LogP contribution in [0.5, 0.6) is 0 Å². The van der Waals surface area contributed by atoms with Gasteiger partial charge < -0.3 is 20.4 Å². The fourth-order valence-electron chi connectivity index (χ4n) is 3.76. The molecule has 2 aromatic heterocycles. The van der Waals surface area contributed by atoms with Crippen LogP contribution in [-0.4, -0.2) is 31.8 Å². The Bertz CT molecular complexity index is 1270. The monoisotopic (exact) mass is 427 g/mol. The molecular weight excluding hydrogens is 407 g/mol. The third-order valence-corrected chi connectivity index (χ3v) is 5.31. The van der Waals surface area contributed by atoms with E-state index in [1.807, 2.05) is 0 Å². The number of alkyl halides is 3. The molecular formula is C22H20F3N5O. The van der Waals surface area contributed by atoms with E-state index in [-0.39, 0.29) is 16.7 Å². The zero-order chi connectivity index (χ0) is 22.4. The van der Waals surface area contributed by atoms with E-state index in [1.54, 1.807) is 60.0 Å². The summed E-state index contributed by atoms with van der Waals surface area (Å²) in [5.74, 6) is 0. The van der Waals surface area contributed by atoms with Gasteiger partial charge in [-0.1, -0.05) is 24.3 Å². The van der Waals surface area contributed by atoms with Crippen LogP contribution in [0.1, 0.15) is 16.7 Å². The van der Waals surface area contributed by atoms with Gasteiger partial charge >= 0.3 is 6.18 Å². The zero-order valence-corrected chi connectivity index (χ0v) is 16.8. The fraction of sp³-hybridized carbons (Fsp3) is 0.182. The standard InChI is InChI=1S/C22H20F3N5O/c1-29-13-18(17-5-3-4-6-20(17)29)21(31,22(23,24)25)15-7-8-19(14(9-15)10-26)28-16-11-27-30(2)12-16/h3-13,26,28,31H,1-2H3. The number of hydrogen-bond acceptors (Lipinski definition) is 4. The summed E-state index contributed by atoms with van der Waals surface area (Å²) < 4.78 is 46.2. The molecule has 0 aliphatic carbocycles. The minimum atomic E-state index is -4.99. The Morgan fingerprint density at radius 2 is 1.84 bits per heavy atom. The molecule has 0 aliphatic heterocycles. The quantitative estimate of drug-likeness (QED) is 0.412. The van der Waals surface area contributed by atoms with Crippen LogP contribution >= 0.6 is 0 Å². The van der Waals surface area contributed by atoms with Gasteiger partial charge in [-0.2, -0.15) is 18.3 Å². The summed E-state index contributed by atoms with van der Waals surface area (Å²) in [5.41, 5.74) is -2.06. The molecule has 6 nitrogen and oxygen atoms in total. The topological polar surface area (TPSA) is 78.9 Å². The second-order valence-electron chi connectivity index (χ2n) is 7.35. The van der Waals surface area contributed by atoms with Gasteiger partial charge in [-0.15, -0.1) is 0 Å². The highest BCUT2D eigenvalue weighted by Gasteiger charge is 2.57. The first-order valence-electron chi connectivity index (χ1n) is 9.39. The van der Waals surface area contributed by atoms with E-state index < -0.39 is 11.8 Å². The van der Waals surface area contributed by atoms with Crippen LogP contribution in [0.25, 0.3) is 10.9 Å². The van der Waals surface area contributed by atoms with E-state index in [9.17, 15) is 18.3 Å². The van der Waals surface area contributed by atoms with Gasteiger partial charge in [-0.05, 0) is 23.8 Å². The summed E-state index contributed by atoms with van der Waals surface area (Å²) in [7, 11) is 3.37. The highest BCUT2D eigenvalue weighted by Crippen LogP contribution is 2.47. The minimum absolute atomic E-state index is 0.198. The molecule has 0 aliphatic rings. The maximum Gasteiger partial charge on any atom is 0.425 e. The average Bonchev–Trinajstić information content (AvgIpc) is 3.30. The summed E-state index contributed by atoms with van der Waals surface area (Å²) in [6.45, 7) is 0. The van der Waals surface area contributed by atoms with Crippen molar-refractivity contribution >= 4 is 28.5 Å². The summed E-state index contributed by atoms with van der Waals surface area (Å²) >= 11 is 0. The average molecular weight is 427 g/mol. The molecule has 0 bridgehead atoms. The van der Waals surface area contributed by atoms with Gasteiger partial charge in [0.1, 0.15) is 0 Å². The van der Waals surface area contributed by atoms with Crippen LogP contribution in [0.4, 0.5) is 24.5 Å². The number of aromatic nitrogens is 3. The number of para-hydroxylation sites is 1. The molecule has 2 aromatic carbocycles. The number of nitrogens with zero attached hydrogens (tertiary/aromatic N) is 3. The normalized spacial score (nSPS) is 13.9.